The third-order valence-corrected chi connectivity index (χ3v) is 3.88. The molecule has 0 aromatic heterocycles. The van der Waals surface area contributed by atoms with E-state index in [1.54, 1.807) is 0 Å². The lowest BCUT2D eigenvalue weighted by atomic mass is 9.94. The van der Waals surface area contributed by atoms with E-state index >= 15 is 0 Å². The molecular formula is C12H25NO5S. The minimum atomic E-state index is -4.42. The highest BCUT2D eigenvalue weighted by atomic mass is 32.3. The van der Waals surface area contributed by atoms with Gasteiger partial charge in [-0.3, -0.25) is 8.98 Å². The van der Waals surface area contributed by atoms with Crippen molar-refractivity contribution in [3.63, 3.8) is 0 Å². The highest BCUT2D eigenvalue weighted by Gasteiger charge is 2.40. The fourth-order valence-electron chi connectivity index (χ4n) is 1.09. The molecule has 0 aromatic carbocycles. The van der Waals surface area contributed by atoms with Crippen LogP contribution in [-0.4, -0.2) is 56.0 Å². The molecule has 0 aliphatic heterocycles. The van der Waals surface area contributed by atoms with Crippen molar-refractivity contribution in [3.05, 3.63) is 12.7 Å². The summed E-state index contributed by atoms with van der Waals surface area (Å²) in [5, 5.41) is 0. The number of hydrogen-bond donors (Lipinski definition) is 0. The third kappa shape index (κ3) is 7.41. The Bertz CT molecular complexity index is 398. The monoisotopic (exact) mass is 295 g/mol. The van der Waals surface area contributed by atoms with Gasteiger partial charge in [-0.1, -0.05) is 6.58 Å². The SMILES string of the molecule is C=CC(=O)C(C)(C)[N+](C)(C)CC.CCOS(=O)(=O)[O-]. The zero-order valence-electron chi connectivity index (χ0n) is 12.6. The van der Waals surface area contributed by atoms with Gasteiger partial charge >= 0.3 is 0 Å². The summed E-state index contributed by atoms with van der Waals surface area (Å²) >= 11 is 0. The van der Waals surface area contributed by atoms with E-state index in [9.17, 15) is 17.8 Å². The van der Waals surface area contributed by atoms with E-state index in [0.717, 1.165) is 6.54 Å². The molecule has 0 unspecified atom stereocenters. The molecule has 19 heavy (non-hydrogen) atoms. The molecule has 0 rings (SSSR count). The van der Waals surface area contributed by atoms with Gasteiger partial charge in [-0.2, -0.15) is 0 Å². The molecule has 6 nitrogen and oxygen atoms in total. The van der Waals surface area contributed by atoms with Gasteiger partial charge < -0.3 is 9.04 Å². The van der Waals surface area contributed by atoms with Crippen molar-refractivity contribution in [1.29, 1.82) is 0 Å². The van der Waals surface area contributed by atoms with Crippen LogP contribution in [-0.2, 0) is 19.4 Å². The maximum Gasteiger partial charge on any atom is 0.217 e. The zero-order valence-corrected chi connectivity index (χ0v) is 13.4. The Morgan fingerprint density at radius 2 is 1.79 bits per heavy atom. The first-order valence-corrected chi connectivity index (χ1v) is 7.29. The molecule has 0 fully saturated rings. The predicted molar refractivity (Wildman–Crippen MR) is 73.3 cm³/mol. The summed E-state index contributed by atoms with van der Waals surface area (Å²) in [4.78, 5) is 11.5. The van der Waals surface area contributed by atoms with Crippen molar-refractivity contribution in [1.82, 2.24) is 0 Å². The van der Waals surface area contributed by atoms with E-state index in [-0.39, 0.29) is 17.9 Å². The highest BCUT2D eigenvalue weighted by Crippen LogP contribution is 2.20. The summed E-state index contributed by atoms with van der Waals surface area (Å²) in [7, 11) is -0.310. The molecule has 0 atom stereocenters. The Balaban J connectivity index is 0. The molecule has 0 saturated heterocycles. The number of hydrogen-bond acceptors (Lipinski definition) is 5. The van der Waals surface area contributed by atoms with Gasteiger partial charge in [0.05, 0.1) is 27.2 Å². The minimum absolute atomic E-state index is 0.0914. The quantitative estimate of drug-likeness (QED) is 0.317. The van der Waals surface area contributed by atoms with Crippen LogP contribution in [0.3, 0.4) is 0 Å². The molecule has 0 spiro atoms. The first-order valence-electron chi connectivity index (χ1n) is 5.95. The van der Waals surface area contributed by atoms with Gasteiger partial charge in [0.25, 0.3) is 0 Å². The zero-order chi connectivity index (χ0) is 15.9. The predicted octanol–water partition coefficient (Wildman–Crippen LogP) is 1.10. The molecule has 114 valence electrons. The fourth-order valence-corrected chi connectivity index (χ4v) is 1.38. The second-order valence-corrected chi connectivity index (χ2v) is 6.00. The molecule has 0 aliphatic rings. The third-order valence-electron chi connectivity index (χ3n) is 3.35. The van der Waals surface area contributed by atoms with Crippen molar-refractivity contribution in [3.8, 4) is 0 Å². The Labute approximate surface area is 116 Å². The van der Waals surface area contributed by atoms with Gasteiger partial charge in [0.2, 0.25) is 16.2 Å². The molecular weight excluding hydrogens is 270 g/mol. The van der Waals surface area contributed by atoms with Gasteiger partial charge in [0, 0.05) is 0 Å². The van der Waals surface area contributed by atoms with Crippen LogP contribution >= 0.6 is 0 Å². The van der Waals surface area contributed by atoms with E-state index in [1.165, 1.54) is 13.0 Å². The Morgan fingerprint density at radius 1 is 1.37 bits per heavy atom. The van der Waals surface area contributed by atoms with Gasteiger partial charge in [-0.15, -0.1) is 0 Å². The number of nitrogens with zero attached hydrogens (tertiary/aromatic N) is 1. The van der Waals surface area contributed by atoms with Crippen LogP contribution in [0.15, 0.2) is 12.7 Å². The average molecular weight is 295 g/mol. The van der Waals surface area contributed by atoms with E-state index in [1.807, 2.05) is 13.8 Å². The molecule has 0 bridgehead atoms. The topological polar surface area (TPSA) is 83.5 Å². The van der Waals surface area contributed by atoms with Crippen molar-refractivity contribution >= 4 is 16.2 Å². The number of ketones is 1. The van der Waals surface area contributed by atoms with Crippen molar-refractivity contribution in [2.45, 2.75) is 33.2 Å². The number of carbonyl (C=O) groups excluding carboxylic acids is 1. The van der Waals surface area contributed by atoms with Crippen LogP contribution in [0.5, 0.6) is 0 Å². The smallest absolute Gasteiger partial charge is 0.217 e. The summed E-state index contributed by atoms with van der Waals surface area (Å²) in [6.07, 6.45) is 1.41. The molecule has 0 aromatic rings. The normalized spacial score (nSPS) is 12.4. The van der Waals surface area contributed by atoms with Gasteiger partial charge in [-0.05, 0) is 33.8 Å². The molecule has 7 heteroatoms. The van der Waals surface area contributed by atoms with E-state index in [0.29, 0.717) is 4.48 Å². The van der Waals surface area contributed by atoms with Crippen LogP contribution in [0.2, 0.25) is 0 Å². The van der Waals surface area contributed by atoms with E-state index < -0.39 is 10.4 Å². The number of rotatable bonds is 6. The van der Waals surface area contributed by atoms with Crippen LogP contribution in [0.25, 0.3) is 0 Å². The maximum atomic E-state index is 11.5. The summed E-state index contributed by atoms with van der Waals surface area (Å²) in [5.41, 5.74) is -0.365. The average Bonchev–Trinajstić information content (AvgIpc) is 2.26. The van der Waals surface area contributed by atoms with Crippen molar-refractivity contribution in [2.75, 3.05) is 27.2 Å². The molecule has 0 saturated carbocycles. The molecule has 0 aliphatic carbocycles. The Kier molecular flexibility index (Phi) is 8.37. The number of quaternary nitrogens is 1. The fraction of sp³-hybridized carbons (Fsp3) is 0.750. The van der Waals surface area contributed by atoms with Crippen molar-refractivity contribution < 1.29 is 26.4 Å². The molecule has 0 heterocycles. The molecule has 0 amide bonds. The first-order chi connectivity index (χ1) is 8.35. The second-order valence-electron chi connectivity index (χ2n) is 4.94. The number of likely N-dealkylation sites (N-methyl/N-ethyl adjacent to an activating group) is 1. The lowest BCUT2D eigenvalue weighted by Crippen LogP contribution is -2.59. The van der Waals surface area contributed by atoms with Gasteiger partial charge in [-0.25, -0.2) is 8.42 Å². The maximum absolute atomic E-state index is 11.5. The number of carbonyl (C=O) groups is 1. The summed E-state index contributed by atoms with van der Waals surface area (Å²) < 4.78 is 32.7. The second kappa shape index (κ2) is 7.74. The van der Waals surface area contributed by atoms with E-state index in [4.69, 9.17) is 0 Å². The van der Waals surface area contributed by atoms with Crippen LogP contribution in [0.4, 0.5) is 0 Å². The van der Waals surface area contributed by atoms with E-state index in [2.05, 4.69) is 31.8 Å². The molecule has 0 radical (unpaired) electrons. The van der Waals surface area contributed by atoms with Crippen molar-refractivity contribution in [2.24, 2.45) is 0 Å². The van der Waals surface area contributed by atoms with Gasteiger partial charge in [0.15, 0.2) is 5.54 Å². The van der Waals surface area contributed by atoms with Gasteiger partial charge in [0.1, 0.15) is 0 Å². The largest absolute Gasteiger partial charge is 0.726 e. The molecule has 0 N–H and O–H groups in total. The summed E-state index contributed by atoms with van der Waals surface area (Å²) in [5.74, 6) is 0.106. The first kappa shape index (κ1) is 20.6. The minimum Gasteiger partial charge on any atom is -0.726 e. The van der Waals surface area contributed by atoms with Crippen LogP contribution in [0, 0.1) is 0 Å². The highest BCUT2D eigenvalue weighted by molar-refractivity contribution is 7.80. The Morgan fingerprint density at radius 3 is 1.95 bits per heavy atom. The van der Waals surface area contributed by atoms with Crippen LogP contribution in [0.1, 0.15) is 27.7 Å². The summed E-state index contributed by atoms with van der Waals surface area (Å²) in [6, 6.07) is 0. The lowest BCUT2D eigenvalue weighted by molar-refractivity contribution is -0.925. The van der Waals surface area contributed by atoms with Crippen LogP contribution < -0.4 is 0 Å². The lowest BCUT2D eigenvalue weighted by Gasteiger charge is -2.42. The Hall–Kier alpha value is -0.760. The standard InChI is InChI=1S/C10H20NO.C2H6O4S/c1-7-9(12)10(3,4)11(5,6)8-2;1-2-6-7(3,4)5/h7H,1,8H2,2-6H3;2H2,1H3,(H,3,4,5)/q+1;/p-1. The summed E-state index contributed by atoms with van der Waals surface area (Å²) in [6.45, 7) is 11.8.